The van der Waals surface area contributed by atoms with Gasteiger partial charge in [-0.2, -0.15) is 0 Å². The van der Waals surface area contributed by atoms with Gasteiger partial charge in [-0.25, -0.2) is 0 Å². The van der Waals surface area contributed by atoms with Crippen LogP contribution in [0.5, 0.6) is 0 Å². The maximum Gasteiger partial charge on any atom is 0.176 e. The maximum absolute atomic E-state index is 12.3. The van der Waals surface area contributed by atoms with Crippen LogP contribution in [0, 0.1) is 0 Å². The summed E-state index contributed by atoms with van der Waals surface area (Å²) in [5, 5.41) is 11.2. The number of carbonyl (C=O) groups is 1. The van der Waals surface area contributed by atoms with E-state index in [1.54, 1.807) is 0 Å². The van der Waals surface area contributed by atoms with Gasteiger partial charge < -0.3 is 0 Å². The lowest BCUT2D eigenvalue weighted by Gasteiger charge is -2.30. The molecule has 0 atom stereocenters. The lowest BCUT2D eigenvalue weighted by Crippen LogP contribution is -2.36. The average Bonchev–Trinajstić information content (AvgIpc) is 3.34. The molecular weight excluding hydrogens is 306 g/mol. The summed E-state index contributed by atoms with van der Waals surface area (Å²) in [6.07, 6.45) is 4.74. The van der Waals surface area contributed by atoms with Crippen LogP contribution in [0.25, 0.3) is 0 Å². The monoisotopic (exact) mass is 327 g/mol. The number of ketones is 1. The molecule has 120 valence electrons. The number of carbonyl (C=O) groups excluding carboxylic acids is 1. The van der Waals surface area contributed by atoms with Crippen molar-refractivity contribution >= 4 is 17.1 Å². The summed E-state index contributed by atoms with van der Waals surface area (Å²) in [7, 11) is 0. The summed E-state index contributed by atoms with van der Waals surface area (Å²) in [5.41, 5.74) is 0.813. The number of nitrogens with zero attached hydrogens (tertiary/aromatic N) is 3. The molecule has 2 fully saturated rings. The highest BCUT2D eigenvalue weighted by Crippen LogP contribution is 2.43. The Morgan fingerprint density at radius 2 is 1.61 bits per heavy atom. The smallest absolute Gasteiger partial charge is 0.176 e. The Labute approximate surface area is 140 Å². The lowest BCUT2D eigenvalue weighted by atomic mass is 9.97. The van der Waals surface area contributed by atoms with E-state index in [4.69, 9.17) is 0 Å². The van der Waals surface area contributed by atoms with Crippen LogP contribution in [0.1, 0.15) is 57.9 Å². The minimum atomic E-state index is 0.219. The average molecular weight is 327 g/mol. The summed E-state index contributed by atoms with van der Waals surface area (Å²) >= 11 is 1.81. The molecule has 0 amide bonds. The number of Topliss-reactive ketones (excluding diaryl/α,β-unsaturated/α-hetero) is 1. The number of aromatic nitrogens is 2. The standard InChI is InChI=1S/C18H21N3OS/c22-16(13-4-2-1-3-5-13)12-21-10-8-15(9-11-21)18-20-19-17(23-18)14-6-7-14/h1-5,14-15H,6-12H2. The SMILES string of the molecule is O=C(CN1CCC(c2nnc(C3CC3)s2)CC1)c1ccccc1. The van der Waals surface area contributed by atoms with Crippen molar-refractivity contribution in [2.75, 3.05) is 19.6 Å². The van der Waals surface area contributed by atoms with Gasteiger partial charge in [0.05, 0.1) is 6.54 Å². The maximum atomic E-state index is 12.3. The van der Waals surface area contributed by atoms with Crippen LogP contribution in [-0.4, -0.2) is 40.5 Å². The molecule has 1 aromatic heterocycles. The van der Waals surface area contributed by atoms with Gasteiger partial charge in [0.2, 0.25) is 0 Å². The zero-order valence-corrected chi connectivity index (χ0v) is 14.0. The van der Waals surface area contributed by atoms with Crippen molar-refractivity contribution in [2.45, 2.75) is 37.5 Å². The summed E-state index contributed by atoms with van der Waals surface area (Å²) in [6, 6.07) is 9.59. The molecule has 0 spiro atoms. The largest absolute Gasteiger partial charge is 0.296 e. The van der Waals surface area contributed by atoms with E-state index in [1.165, 1.54) is 22.9 Å². The lowest BCUT2D eigenvalue weighted by molar-refractivity contribution is 0.0909. The number of piperidine rings is 1. The first-order valence-electron chi connectivity index (χ1n) is 8.43. The second-order valence-corrected chi connectivity index (χ2v) is 7.63. The van der Waals surface area contributed by atoms with Crippen molar-refractivity contribution in [3.05, 3.63) is 45.9 Å². The van der Waals surface area contributed by atoms with Crippen molar-refractivity contribution in [2.24, 2.45) is 0 Å². The third-order valence-electron chi connectivity index (χ3n) is 4.78. The van der Waals surface area contributed by atoms with Gasteiger partial charge in [0.15, 0.2) is 5.78 Å². The fraction of sp³-hybridized carbons (Fsp3) is 0.500. The minimum absolute atomic E-state index is 0.219. The number of hydrogen-bond acceptors (Lipinski definition) is 5. The summed E-state index contributed by atoms with van der Waals surface area (Å²) in [5.74, 6) is 1.45. The zero-order valence-electron chi connectivity index (χ0n) is 13.1. The molecule has 0 radical (unpaired) electrons. The highest BCUT2D eigenvalue weighted by Gasteiger charge is 2.30. The van der Waals surface area contributed by atoms with E-state index in [1.807, 2.05) is 41.7 Å². The summed E-state index contributed by atoms with van der Waals surface area (Å²) < 4.78 is 0. The fourth-order valence-electron chi connectivity index (χ4n) is 3.16. The fourth-order valence-corrected chi connectivity index (χ4v) is 4.35. The van der Waals surface area contributed by atoms with Gasteiger partial charge in [-0.05, 0) is 38.8 Å². The second-order valence-electron chi connectivity index (χ2n) is 6.59. The van der Waals surface area contributed by atoms with Gasteiger partial charge in [-0.3, -0.25) is 9.69 Å². The Balaban J connectivity index is 1.31. The zero-order chi connectivity index (χ0) is 15.6. The van der Waals surface area contributed by atoms with E-state index >= 15 is 0 Å². The van der Waals surface area contributed by atoms with Crippen LogP contribution in [-0.2, 0) is 0 Å². The molecule has 1 saturated carbocycles. The first kappa shape index (κ1) is 15.0. The molecule has 4 rings (SSSR count). The molecule has 23 heavy (non-hydrogen) atoms. The molecule has 1 aromatic carbocycles. The van der Waals surface area contributed by atoms with E-state index in [-0.39, 0.29) is 5.78 Å². The highest BCUT2D eigenvalue weighted by atomic mass is 32.1. The van der Waals surface area contributed by atoms with Gasteiger partial charge in [-0.1, -0.05) is 30.3 Å². The van der Waals surface area contributed by atoms with Crippen molar-refractivity contribution in [1.29, 1.82) is 0 Å². The molecular formula is C18H21N3OS. The topological polar surface area (TPSA) is 46.1 Å². The number of hydrogen-bond donors (Lipinski definition) is 0. The van der Waals surface area contributed by atoms with Crippen LogP contribution < -0.4 is 0 Å². The van der Waals surface area contributed by atoms with Gasteiger partial charge in [-0.15, -0.1) is 21.5 Å². The summed E-state index contributed by atoms with van der Waals surface area (Å²) in [6.45, 7) is 2.48. The number of likely N-dealkylation sites (tertiary alicyclic amines) is 1. The van der Waals surface area contributed by atoms with E-state index in [9.17, 15) is 4.79 Å². The van der Waals surface area contributed by atoms with Crippen LogP contribution in [0.2, 0.25) is 0 Å². The van der Waals surface area contributed by atoms with E-state index < -0.39 is 0 Å². The molecule has 4 nitrogen and oxygen atoms in total. The predicted molar refractivity (Wildman–Crippen MR) is 91.1 cm³/mol. The molecule has 2 aromatic rings. The normalized spacial score (nSPS) is 19.8. The Hall–Kier alpha value is -1.59. The number of benzene rings is 1. The first-order chi connectivity index (χ1) is 11.3. The molecule has 2 heterocycles. The molecule has 1 aliphatic heterocycles. The summed E-state index contributed by atoms with van der Waals surface area (Å²) in [4.78, 5) is 14.6. The third-order valence-corrected chi connectivity index (χ3v) is 6.03. The van der Waals surface area contributed by atoms with Crippen molar-refractivity contribution in [3.63, 3.8) is 0 Å². The van der Waals surface area contributed by atoms with Crippen LogP contribution in [0.4, 0.5) is 0 Å². The molecule has 1 saturated heterocycles. The Morgan fingerprint density at radius 1 is 1.00 bits per heavy atom. The van der Waals surface area contributed by atoms with E-state index in [0.29, 0.717) is 18.4 Å². The van der Waals surface area contributed by atoms with Gasteiger partial charge in [0, 0.05) is 17.4 Å². The highest BCUT2D eigenvalue weighted by molar-refractivity contribution is 7.11. The predicted octanol–water partition coefficient (Wildman–Crippen LogP) is 3.48. The molecule has 0 bridgehead atoms. The van der Waals surface area contributed by atoms with Crippen molar-refractivity contribution < 1.29 is 4.79 Å². The van der Waals surface area contributed by atoms with Crippen LogP contribution in [0.3, 0.4) is 0 Å². The van der Waals surface area contributed by atoms with Gasteiger partial charge in [0.1, 0.15) is 10.0 Å². The molecule has 0 N–H and O–H groups in total. The van der Waals surface area contributed by atoms with Crippen molar-refractivity contribution in [3.8, 4) is 0 Å². The Kier molecular flexibility index (Phi) is 4.23. The molecule has 2 aliphatic rings. The van der Waals surface area contributed by atoms with Crippen molar-refractivity contribution in [1.82, 2.24) is 15.1 Å². The molecule has 0 unspecified atom stereocenters. The molecule has 1 aliphatic carbocycles. The second kappa shape index (κ2) is 6.49. The quantitative estimate of drug-likeness (QED) is 0.789. The van der Waals surface area contributed by atoms with E-state index in [0.717, 1.165) is 31.5 Å². The Bertz CT molecular complexity index is 673. The van der Waals surface area contributed by atoms with Gasteiger partial charge in [0.25, 0.3) is 0 Å². The first-order valence-corrected chi connectivity index (χ1v) is 9.25. The van der Waals surface area contributed by atoms with Crippen LogP contribution in [0.15, 0.2) is 30.3 Å². The van der Waals surface area contributed by atoms with E-state index in [2.05, 4.69) is 15.1 Å². The third kappa shape index (κ3) is 3.51. The minimum Gasteiger partial charge on any atom is -0.296 e. The Morgan fingerprint density at radius 3 is 2.22 bits per heavy atom. The number of rotatable bonds is 5. The van der Waals surface area contributed by atoms with Gasteiger partial charge >= 0.3 is 0 Å². The van der Waals surface area contributed by atoms with Crippen LogP contribution >= 0.6 is 11.3 Å². The molecule has 5 heteroatoms.